The van der Waals surface area contributed by atoms with Crippen LogP contribution in [0.15, 0.2) is 50.3 Å². The maximum Gasteiger partial charge on any atom is 0.335 e. The van der Waals surface area contributed by atoms with E-state index in [4.69, 9.17) is 0 Å². The van der Waals surface area contributed by atoms with Gasteiger partial charge in [-0.25, -0.2) is 4.79 Å². The zero-order valence-electron chi connectivity index (χ0n) is 9.57. The molecule has 1 amide bonds. The van der Waals surface area contributed by atoms with E-state index in [9.17, 15) is 9.59 Å². The van der Waals surface area contributed by atoms with Crippen LogP contribution in [0.1, 0.15) is 15.9 Å². The molecule has 2 rings (SSSR count). The number of anilines is 1. The molecule has 5 heteroatoms. The molecule has 18 heavy (non-hydrogen) atoms. The Hall–Kier alpha value is -1.88. The molecule has 92 valence electrons. The summed E-state index contributed by atoms with van der Waals surface area (Å²) in [7, 11) is 0. The molecule has 0 saturated carbocycles. The van der Waals surface area contributed by atoms with Gasteiger partial charge in [-0.05, 0) is 36.8 Å². The summed E-state index contributed by atoms with van der Waals surface area (Å²) in [4.78, 5) is 22.7. The second-order valence-corrected chi connectivity index (χ2v) is 4.67. The molecule has 0 atom stereocenters. The predicted octanol–water partition coefficient (Wildman–Crippen LogP) is 2.96. The quantitative estimate of drug-likeness (QED) is 0.928. The smallest absolute Gasteiger partial charge is 0.335 e. The minimum Gasteiger partial charge on any atom is -0.430 e. The molecule has 1 N–H and O–H groups in total. The Bertz CT molecular complexity index is 628. The topological polar surface area (TPSA) is 59.3 Å². The van der Waals surface area contributed by atoms with Crippen molar-refractivity contribution in [2.24, 2.45) is 0 Å². The summed E-state index contributed by atoms with van der Waals surface area (Å²) in [5, 5.41) is 2.75. The number of benzene rings is 1. The number of nitrogens with one attached hydrogen (secondary N) is 1. The lowest BCUT2D eigenvalue weighted by Gasteiger charge is -2.08. The van der Waals surface area contributed by atoms with Gasteiger partial charge >= 0.3 is 5.63 Å². The lowest BCUT2D eigenvalue weighted by atomic mass is 10.2. The van der Waals surface area contributed by atoms with Crippen LogP contribution in [0.5, 0.6) is 0 Å². The van der Waals surface area contributed by atoms with Crippen LogP contribution < -0.4 is 10.9 Å². The van der Waals surface area contributed by atoms with E-state index in [-0.39, 0.29) is 5.91 Å². The fraction of sp³-hybridized carbons (Fsp3) is 0.0769. The van der Waals surface area contributed by atoms with Gasteiger partial charge in [-0.15, -0.1) is 0 Å². The molecule has 0 aliphatic heterocycles. The van der Waals surface area contributed by atoms with Crippen molar-refractivity contribution in [3.63, 3.8) is 0 Å². The highest BCUT2D eigenvalue weighted by Gasteiger charge is 2.08. The third-order valence-electron chi connectivity index (χ3n) is 2.40. The molecule has 2 aromatic rings. The highest BCUT2D eigenvalue weighted by atomic mass is 79.9. The minimum atomic E-state index is -0.480. The van der Waals surface area contributed by atoms with E-state index in [2.05, 4.69) is 25.7 Å². The molecular formula is C13H10BrNO3. The Morgan fingerprint density at radius 3 is 2.67 bits per heavy atom. The monoisotopic (exact) mass is 307 g/mol. The van der Waals surface area contributed by atoms with Crippen LogP contribution in [-0.2, 0) is 0 Å². The molecule has 1 heterocycles. The number of amides is 1. The number of hydrogen-bond donors (Lipinski definition) is 1. The first-order valence-corrected chi connectivity index (χ1v) is 6.02. The van der Waals surface area contributed by atoms with Crippen molar-refractivity contribution in [1.82, 2.24) is 0 Å². The fourth-order valence-corrected chi connectivity index (χ4v) is 1.92. The molecular weight excluding hydrogens is 298 g/mol. The Kier molecular flexibility index (Phi) is 3.62. The van der Waals surface area contributed by atoms with Gasteiger partial charge in [0.2, 0.25) is 0 Å². The summed E-state index contributed by atoms with van der Waals surface area (Å²) >= 11 is 3.35. The molecule has 4 nitrogen and oxygen atoms in total. The average molecular weight is 308 g/mol. The van der Waals surface area contributed by atoms with Gasteiger partial charge < -0.3 is 9.73 Å². The van der Waals surface area contributed by atoms with E-state index < -0.39 is 5.63 Å². The van der Waals surface area contributed by atoms with Crippen LogP contribution in [0.2, 0.25) is 0 Å². The van der Waals surface area contributed by atoms with E-state index in [1.165, 1.54) is 12.1 Å². The molecule has 1 aromatic carbocycles. The van der Waals surface area contributed by atoms with Crippen LogP contribution >= 0.6 is 15.9 Å². The molecule has 0 radical (unpaired) electrons. The number of aryl methyl sites for hydroxylation is 1. The van der Waals surface area contributed by atoms with E-state index in [1.54, 1.807) is 6.07 Å². The Morgan fingerprint density at radius 2 is 2.06 bits per heavy atom. The van der Waals surface area contributed by atoms with Crippen LogP contribution in [0.3, 0.4) is 0 Å². The maximum absolute atomic E-state index is 11.9. The molecule has 0 saturated heterocycles. The molecule has 0 aliphatic carbocycles. The Labute approximate surface area is 112 Å². The van der Waals surface area contributed by atoms with Crippen molar-refractivity contribution < 1.29 is 9.21 Å². The maximum atomic E-state index is 11.9. The normalized spacial score (nSPS) is 10.1. The first-order valence-electron chi connectivity index (χ1n) is 5.22. The lowest BCUT2D eigenvalue weighted by molar-refractivity contribution is 0.102. The van der Waals surface area contributed by atoms with Gasteiger partial charge in [0.05, 0.1) is 5.56 Å². The minimum absolute atomic E-state index is 0.303. The van der Waals surface area contributed by atoms with E-state index >= 15 is 0 Å². The van der Waals surface area contributed by atoms with Crippen molar-refractivity contribution in [3.8, 4) is 0 Å². The lowest BCUT2D eigenvalue weighted by Crippen LogP contribution is -2.13. The molecule has 0 fully saturated rings. The Balaban J connectivity index is 2.21. The summed E-state index contributed by atoms with van der Waals surface area (Å²) in [5.41, 5.74) is 1.48. The zero-order valence-corrected chi connectivity index (χ0v) is 11.2. The molecule has 1 aromatic heterocycles. The fourth-order valence-electron chi connectivity index (χ4n) is 1.45. The van der Waals surface area contributed by atoms with E-state index in [1.807, 2.05) is 19.1 Å². The van der Waals surface area contributed by atoms with E-state index in [0.717, 1.165) is 22.0 Å². The number of carbonyl (C=O) groups excluding carboxylic acids is 1. The van der Waals surface area contributed by atoms with Gasteiger partial charge in [0.25, 0.3) is 5.91 Å². The average Bonchev–Trinajstić information content (AvgIpc) is 2.33. The van der Waals surface area contributed by atoms with Gasteiger partial charge in [-0.2, -0.15) is 0 Å². The Morgan fingerprint density at radius 1 is 1.28 bits per heavy atom. The van der Waals surface area contributed by atoms with Crippen LogP contribution in [-0.4, -0.2) is 5.91 Å². The molecule has 0 unspecified atom stereocenters. The van der Waals surface area contributed by atoms with Gasteiger partial charge in [-0.3, -0.25) is 4.79 Å². The predicted molar refractivity (Wildman–Crippen MR) is 71.8 cm³/mol. The summed E-state index contributed by atoms with van der Waals surface area (Å²) in [6.07, 6.45) is 1.14. The molecule has 0 aliphatic rings. The molecule has 0 spiro atoms. The van der Waals surface area contributed by atoms with Gasteiger partial charge in [0.15, 0.2) is 0 Å². The third-order valence-corrected chi connectivity index (χ3v) is 2.89. The van der Waals surface area contributed by atoms with Gasteiger partial charge in [-0.1, -0.05) is 15.9 Å². The zero-order chi connectivity index (χ0) is 13.1. The largest absolute Gasteiger partial charge is 0.430 e. The number of hydrogen-bond acceptors (Lipinski definition) is 3. The second-order valence-electron chi connectivity index (χ2n) is 3.76. The highest BCUT2D eigenvalue weighted by Crippen LogP contribution is 2.20. The van der Waals surface area contributed by atoms with E-state index in [0.29, 0.717) is 5.56 Å². The summed E-state index contributed by atoms with van der Waals surface area (Å²) in [6.45, 7) is 1.89. The van der Waals surface area contributed by atoms with Crippen LogP contribution in [0.25, 0.3) is 0 Å². The van der Waals surface area contributed by atoms with Crippen molar-refractivity contribution in [1.29, 1.82) is 0 Å². The van der Waals surface area contributed by atoms with Gasteiger partial charge in [0, 0.05) is 16.2 Å². The van der Waals surface area contributed by atoms with Crippen molar-refractivity contribution in [3.05, 3.63) is 62.6 Å². The van der Waals surface area contributed by atoms with Crippen LogP contribution in [0, 0.1) is 6.92 Å². The van der Waals surface area contributed by atoms with Crippen molar-refractivity contribution in [2.45, 2.75) is 6.92 Å². The first kappa shape index (κ1) is 12.6. The summed E-state index contributed by atoms with van der Waals surface area (Å²) < 4.78 is 5.59. The van der Waals surface area contributed by atoms with Crippen molar-refractivity contribution >= 4 is 27.5 Å². The summed E-state index contributed by atoms with van der Waals surface area (Å²) in [5.74, 6) is -0.316. The van der Waals surface area contributed by atoms with Crippen molar-refractivity contribution in [2.75, 3.05) is 5.32 Å². The number of rotatable bonds is 2. The molecule has 0 bridgehead atoms. The number of halogens is 1. The SMILES string of the molecule is Cc1cc(Br)ccc1NC(=O)c1ccc(=O)oc1. The van der Waals surface area contributed by atoms with Crippen LogP contribution in [0.4, 0.5) is 5.69 Å². The second kappa shape index (κ2) is 5.18. The van der Waals surface area contributed by atoms with Gasteiger partial charge in [0.1, 0.15) is 6.26 Å². The standard InChI is InChI=1S/C13H10BrNO3/c1-8-6-10(14)3-4-11(8)15-13(17)9-2-5-12(16)18-7-9/h2-7H,1H3,(H,15,17). The number of carbonyl (C=O) groups is 1. The summed E-state index contributed by atoms with van der Waals surface area (Å²) in [6, 6.07) is 8.18. The third kappa shape index (κ3) is 2.87. The highest BCUT2D eigenvalue weighted by molar-refractivity contribution is 9.10. The first-order chi connectivity index (χ1) is 8.56.